The fourth-order valence-corrected chi connectivity index (χ4v) is 5.40. The van der Waals surface area contributed by atoms with E-state index in [2.05, 4.69) is 51.1 Å². The summed E-state index contributed by atoms with van der Waals surface area (Å²) >= 11 is 0. The largest absolute Gasteiger partial charge is 0.493 e. The molecule has 1 N–H and O–H groups in total. The van der Waals surface area contributed by atoms with Crippen LogP contribution in [-0.2, 0) is 27.5 Å². The van der Waals surface area contributed by atoms with Gasteiger partial charge in [0.15, 0.2) is 0 Å². The standard InChI is InChI=1S/C31H34O6/c1-19-11-26(37-25-9-10-34-18-25)12-20(2)31(19)27-6-4-5-23(21(27)3)16-35-15-22-7-8-28-24(14-30(32)33)17-36-29(28)13-22/h4-8,11-13,24-25H,9-10,14-18H2,1-3H3,(H,32,33)/t24-,25+/m1/s1. The van der Waals surface area contributed by atoms with Crippen LogP contribution in [0.5, 0.6) is 11.5 Å². The monoisotopic (exact) mass is 502 g/mol. The summed E-state index contributed by atoms with van der Waals surface area (Å²) in [7, 11) is 0. The molecule has 0 bridgehead atoms. The molecule has 3 aromatic carbocycles. The van der Waals surface area contributed by atoms with Crippen molar-refractivity contribution in [1.29, 1.82) is 0 Å². The van der Waals surface area contributed by atoms with Crippen LogP contribution in [-0.4, -0.2) is 37.0 Å². The molecule has 6 heteroatoms. The first-order chi connectivity index (χ1) is 17.9. The molecule has 2 heterocycles. The van der Waals surface area contributed by atoms with Gasteiger partial charge < -0.3 is 24.1 Å². The molecule has 2 aliphatic rings. The molecule has 2 aliphatic heterocycles. The molecule has 0 amide bonds. The van der Waals surface area contributed by atoms with E-state index in [1.165, 1.54) is 27.8 Å². The number of carboxylic acid groups (broad SMARTS) is 1. The molecular weight excluding hydrogens is 468 g/mol. The van der Waals surface area contributed by atoms with E-state index in [1.807, 2.05) is 18.2 Å². The summed E-state index contributed by atoms with van der Waals surface area (Å²) < 4.78 is 23.4. The molecule has 0 spiro atoms. The zero-order valence-corrected chi connectivity index (χ0v) is 21.7. The van der Waals surface area contributed by atoms with Gasteiger partial charge in [-0.05, 0) is 77.9 Å². The third kappa shape index (κ3) is 5.65. The van der Waals surface area contributed by atoms with Crippen molar-refractivity contribution < 1.29 is 28.8 Å². The van der Waals surface area contributed by atoms with E-state index in [1.54, 1.807) is 0 Å². The lowest BCUT2D eigenvalue weighted by atomic mass is 9.90. The molecule has 37 heavy (non-hydrogen) atoms. The van der Waals surface area contributed by atoms with E-state index < -0.39 is 5.97 Å². The Kier molecular flexibility index (Phi) is 7.49. The van der Waals surface area contributed by atoms with Gasteiger partial charge in [0, 0.05) is 17.9 Å². The van der Waals surface area contributed by atoms with Crippen LogP contribution in [0.1, 0.15) is 52.1 Å². The van der Waals surface area contributed by atoms with Gasteiger partial charge in [0.25, 0.3) is 0 Å². The highest BCUT2D eigenvalue weighted by atomic mass is 16.5. The molecule has 1 saturated heterocycles. The van der Waals surface area contributed by atoms with Crippen LogP contribution in [0.25, 0.3) is 11.1 Å². The molecule has 1 fully saturated rings. The summed E-state index contributed by atoms with van der Waals surface area (Å²) in [4.78, 5) is 11.1. The van der Waals surface area contributed by atoms with Crippen molar-refractivity contribution in [2.24, 2.45) is 0 Å². The number of carbonyl (C=O) groups is 1. The van der Waals surface area contributed by atoms with Gasteiger partial charge in [-0.2, -0.15) is 0 Å². The van der Waals surface area contributed by atoms with Crippen LogP contribution in [0.15, 0.2) is 48.5 Å². The molecule has 0 saturated carbocycles. The molecule has 194 valence electrons. The molecule has 0 radical (unpaired) electrons. The molecule has 0 unspecified atom stereocenters. The highest BCUT2D eigenvalue weighted by Gasteiger charge is 2.26. The number of hydrogen-bond donors (Lipinski definition) is 1. The van der Waals surface area contributed by atoms with Gasteiger partial charge in [-0.25, -0.2) is 0 Å². The second-order valence-electron chi connectivity index (χ2n) is 10.1. The number of aliphatic carboxylic acids is 1. The Balaban J connectivity index is 1.26. The van der Waals surface area contributed by atoms with Crippen molar-refractivity contribution in [2.75, 3.05) is 19.8 Å². The van der Waals surface area contributed by atoms with Crippen LogP contribution >= 0.6 is 0 Å². The molecule has 6 nitrogen and oxygen atoms in total. The molecule has 0 aliphatic carbocycles. The minimum absolute atomic E-state index is 0.0860. The SMILES string of the molecule is Cc1cc(O[C@H]2CCOC2)cc(C)c1-c1cccc(COCc2ccc3c(c2)OC[C@H]3CC(=O)O)c1C. The normalized spacial score (nSPS) is 18.5. The van der Waals surface area contributed by atoms with Crippen molar-refractivity contribution in [3.05, 3.63) is 81.9 Å². The van der Waals surface area contributed by atoms with Crippen molar-refractivity contribution in [1.82, 2.24) is 0 Å². The Hall–Kier alpha value is -3.35. The first-order valence-corrected chi connectivity index (χ1v) is 12.9. The quantitative estimate of drug-likeness (QED) is 0.380. The second-order valence-corrected chi connectivity index (χ2v) is 10.1. The smallest absolute Gasteiger partial charge is 0.304 e. The number of hydrogen-bond acceptors (Lipinski definition) is 5. The van der Waals surface area contributed by atoms with E-state index in [4.69, 9.17) is 24.1 Å². The Morgan fingerprint density at radius 1 is 1.03 bits per heavy atom. The molecule has 0 aromatic heterocycles. The molecular formula is C31H34O6. The van der Waals surface area contributed by atoms with E-state index in [0.717, 1.165) is 41.2 Å². The van der Waals surface area contributed by atoms with Gasteiger partial charge in [-0.15, -0.1) is 0 Å². The lowest BCUT2D eigenvalue weighted by Gasteiger charge is -2.19. The van der Waals surface area contributed by atoms with Gasteiger partial charge in [0.2, 0.25) is 0 Å². The summed E-state index contributed by atoms with van der Waals surface area (Å²) in [6.07, 6.45) is 1.16. The number of carboxylic acids is 1. The first kappa shape index (κ1) is 25.3. The fraction of sp³-hybridized carbons (Fsp3) is 0.387. The van der Waals surface area contributed by atoms with Gasteiger partial charge >= 0.3 is 5.97 Å². The van der Waals surface area contributed by atoms with Gasteiger partial charge in [0.05, 0.1) is 39.5 Å². The maximum atomic E-state index is 11.1. The molecule has 5 rings (SSSR count). The summed E-state index contributed by atoms with van der Waals surface area (Å²) in [6, 6.07) is 16.6. The van der Waals surface area contributed by atoms with Crippen molar-refractivity contribution >= 4 is 5.97 Å². The Bertz CT molecular complexity index is 1270. The van der Waals surface area contributed by atoms with Crippen LogP contribution in [0.4, 0.5) is 0 Å². The summed E-state index contributed by atoms with van der Waals surface area (Å²) in [5, 5.41) is 9.10. The maximum absolute atomic E-state index is 11.1. The van der Waals surface area contributed by atoms with Gasteiger partial charge in [-0.1, -0.05) is 30.3 Å². The number of fused-ring (bicyclic) bond motifs is 1. The van der Waals surface area contributed by atoms with Crippen LogP contribution < -0.4 is 9.47 Å². The minimum atomic E-state index is -0.805. The van der Waals surface area contributed by atoms with E-state index in [-0.39, 0.29) is 18.4 Å². The highest BCUT2D eigenvalue weighted by molar-refractivity contribution is 5.75. The third-order valence-corrected chi connectivity index (χ3v) is 7.32. The summed E-state index contributed by atoms with van der Waals surface area (Å²) in [5.74, 6) is 0.779. The molecule has 3 aromatic rings. The number of benzene rings is 3. The topological polar surface area (TPSA) is 74.2 Å². The lowest BCUT2D eigenvalue weighted by molar-refractivity contribution is -0.137. The molecule has 2 atom stereocenters. The number of rotatable bonds is 9. The predicted octanol–water partition coefficient (Wildman–Crippen LogP) is 6.11. The van der Waals surface area contributed by atoms with Gasteiger partial charge in [-0.3, -0.25) is 4.79 Å². The van der Waals surface area contributed by atoms with Crippen LogP contribution in [0, 0.1) is 20.8 Å². The number of ether oxygens (including phenoxy) is 4. The average Bonchev–Trinajstić information content (AvgIpc) is 3.50. The third-order valence-electron chi connectivity index (χ3n) is 7.32. The van der Waals surface area contributed by atoms with E-state index in [0.29, 0.717) is 26.4 Å². The summed E-state index contributed by atoms with van der Waals surface area (Å²) in [5.41, 5.74) is 9.16. The highest BCUT2D eigenvalue weighted by Crippen LogP contribution is 2.37. The predicted molar refractivity (Wildman–Crippen MR) is 141 cm³/mol. The van der Waals surface area contributed by atoms with Crippen molar-refractivity contribution in [2.45, 2.75) is 58.8 Å². The van der Waals surface area contributed by atoms with Crippen molar-refractivity contribution in [3.8, 4) is 22.6 Å². The first-order valence-electron chi connectivity index (χ1n) is 12.9. The zero-order valence-electron chi connectivity index (χ0n) is 21.7. The van der Waals surface area contributed by atoms with Crippen LogP contribution in [0.3, 0.4) is 0 Å². The van der Waals surface area contributed by atoms with E-state index >= 15 is 0 Å². The lowest BCUT2D eigenvalue weighted by Crippen LogP contribution is -2.15. The Morgan fingerprint density at radius 3 is 2.57 bits per heavy atom. The van der Waals surface area contributed by atoms with E-state index in [9.17, 15) is 4.79 Å². The fourth-order valence-electron chi connectivity index (χ4n) is 5.40. The Morgan fingerprint density at radius 2 is 1.84 bits per heavy atom. The van der Waals surface area contributed by atoms with Crippen molar-refractivity contribution in [3.63, 3.8) is 0 Å². The maximum Gasteiger partial charge on any atom is 0.304 e. The van der Waals surface area contributed by atoms with Crippen LogP contribution in [0.2, 0.25) is 0 Å². The zero-order chi connectivity index (χ0) is 25.9. The summed E-state index contributed by atoms with van der Waals surface area (Å²) in [6.45, 7) is 9.23. The van der Waals surface area contributed by atoms with Gasteiger partial charge in [0.1, 0.15) is 17.6 Å². The second kappa shape index (κ2) is 11.0. The average molecular weight is 503 g/mol. The number of aryl methyl sites for hydroxylation is 2. The minimum Gasteiger partial charge on any atom is -0.493 e. The Labute approximate surface area is 218 Å².